The van der Waals surface area contributed by atoms with E-state index in [0.717, 1.165) is 44.6 Å². The van der Waals surface area contributed by atoms with Crippen LogP contribution < -0.4 is 5.32 Å². The highest BCUT2D eigenvalue weighted by molar-refractivity contribution is 5.34. The van der Waals surface area contributed by atoms with Gasteiger partial charge in [0.2, 0.25) is 0 Å². The van der Waals surface area contributed by atoms with E-state index < -0.39 is 0 Å². The van der Waals surface area contributed by atoms with Crippen molar-refractivity contribution in [3.63, 3.8) is 0 Å². The molecule has 0 amide bonds. The van der Waals surface area contributed by atoms with Gasteiger partial charge in [0.1, 0.15) is 5.82 Å². The molecule has 0 saturated carbocycles. The molecule has 2 nitrogen and oxygen atoms in total. The summed E-state index contributed by atoms with van der Waals surface area (Å²) in [6, 6.07) is 16.0. The van der Waals surface area contributed by atoms with Gasteiger partial charge in [-0.1, -0.05) is 43.3 Å². The molecule has 2 aromatic carbocycles. The molecule has 0 spiro atoms. The summed E-state index contributed by atoms with van der Waals surface area (Å²) in [6.45, 7) is 6.22. The normalized spacial score (nSPS) is 17.7. The summed E-state index contributed by atoms with van der Waals surface area (Å²) in [5.41, 5.74) is 3.62. The summed E-state index contributed by atoms with van der Waals surface area (Å²) in [5, 5.41) is 3.45. The lowest BCUT2D eigenvalue weighted by molar-refractivity contribution is 0.240. The van der Waals surface area contributed by atoms with Crippen LogP contribution in [0.4, 0.5) is 4.39 Å². The lowest BCUT2D eigenvalue weighted by Gasteiger charge is -2.31. The Morgan fingerprint density at radius 3 is 2.61 bits per heavy atom. The monoisotopic (exact) mass is 312 g/mol. The van der Waals surface area contributed by atoms with Crippen molar-refractivity contribution in [1.29, 1.82) is 0 Å². The first kappa shape index (κ1) is 16.2. The molecule has 2 aromatic rings. The van der Waals surface area contributed by atoms with Crippen LogP contribution in [0.3, 0.4) is 0 Å². The van der Waals surface area contributed by atoms with Gasteiger partial charge in [-0.15, -0.1) is 0 Å². The Bertz CT molecular complexity index is 616. The van der Waals surface area contributed by atoms with Gasteiger partial charge >= 0.3 is 0 Å². The Morgan fingerprint density at radius 2 is 1.87 bits per heavy atom. The second-order valence-corrected chi connectivity index (χ2v) is 6.19. The summed E-state index contributed by atoms with van der Waals surface area (Å²) >= 11 is 0. The van der Waals surface area contributed by atoms with Crippen LogP contribution in [0.2, 0.25) is 0 Å². The van der Waals surface area contributed by atoms with E-state index >= 15 is 0 Å². The third kappa shape index (κ3) is 3.98. The molecule has 1 fully saturated rings. The summed E-state index contributed by atoms with van der Waals surface area (Å²) < 4.78 is 13.8. The Hall–Kier alpha value is -1.71. The Morgan fingerprint density at radius 1 is 1.04 bits per heavy atom. The number of hydrogen-bond donors (Lipinski definition) is 1. The highest BCUT2D eigenvalue weighted by atomic mass is 19.1. The van der Waals surface area contributed by atoms with Crippen molar-refractivity contribution in [2.75, 3.05) is 26.2 Å². The molecule has 0 aromatic heterocycles. The summed E-state index contributed by atoms with van der Waals surface area (Å²) in [5.74, 6) is -0.161. The average Bonchev–Trinajstić information content (AvgIpc) is 2.85. The lowest BCUT2D eigenvalue weighted by atomic mass is 9.95. The first-order chi connectivity index (χ1) is 11.3. The fraction of sp³-hybridized carbons (Fsp3) is 0.400. The number of aryl methyl sites for hydroxylation is 1. The summed E-state index contributed by atoms with van der Waals surface area (Å²) in [4.78, 5) is 2.47. The molecule has 3 heteroatoms. The van der Waals surface area contributed by atoms with Crippen LogP contribution in [0, 0.1) is 5.82 Å². The van der Waals surface area contributed by atoms with Crippen molar-refractivity contribution < 1.29 is 4.39 Å². The minimum atomic E-state index is -0.161. The van der Waals surface area contributed by atoms with Crippen molar-refractivity contribution in [3.05, 3.63) is 71.0 Å². The van der Waals surface area contributed by atoms with Crippen molar-refractivity contribution in [3.8, 4) is 0 Å². The van der Waals surface area contributed by atoms with Gasteiger partial charge in [-0.05, 0) is 48.2 Å². The molecule has 1 saturated heterocycles. The minimum absolute atomic E-state index is 0.122. The van der Waals surface area contributed by atoms with Gasteiger partial charge in [0.15, 0.2) is 0 Å². The van der Waals surface area contributed by atoms with Crippen LogP contribution in [0.25, 0.3) is 0 Å². The number of rotatable bonds is 4. The maximum Gasteiger partial charge on any atom is 0.123 e. The van der Waals surface area contributed by atoms with Crippen molar-refractivity contribution in [2.45, 2.75) is 25.8 Å². The SMILES string of the molecule is CCc1ccc(C(c2cccc(F)c2)N2CCCNCC2)cc1. The molecule has 1 atom stereocenters. The standard InChI is InChI=1S/C20H25FN2/c1-2-16-7-9-17(10-8-16)20(18-5-3-6-19(21)15-18)23-13-4-11-22-12-14-23/h3,5-10,15,20,22H,2,4,11-14H2,1H3. The third-order valence-electron chi connectivity index (χ3n) is 4.61. The van der Waals surface area contributed by atoms with E-state index in [9.17, 15) is 4.39 Å². The highest BCUT2D eigenvalue weighted by Gasteiger charge is 2.23. The molecule has 1 N–H and O–H groups in total. The third-order valence-corrected chi connectivity index (χ3v) is 4.61. The highest BCUT2D eigenvalue weighted by Crippen LogP contribution is 2.30. The fourth-order valence-electron chi connectivity index (χ4n) is 3.35. The number of halogens is 1. The number of nitrogens with one attached hydrogen (secondary N) is 1. The zero-order chi connectivity index (χ0) is 16.1. The van der Waals surface area contributed by atoms with E-state index in [1.165, 1.54) is 17.2 Å². The number of benzene rings is 2. The van der Waals surface area contributed by atoms with E-state index in [0.29, 0.717) is 0 Å². The Kier molecular flexibility index (Phi) is 5.42. The first-order valence-electron chi connectivity index (χ1n) is 8.57. The molecular weight excluding hydrogens is 287 g/mol. The minimum Gasteiger partial charge on any atom is -0.315 e. The predicted molar refractivity (Wildman–Crippen MR) is 93.1 cm³/mol. The zero-order valence-electron chi connectivity index (χ0n) is 13.8. The van der Waals surface area contributed by atoms with E-state index in [1.807, 2.05) is 12.1 Å². The topological polar surface area (TPSA) is 15.3 Å². The largest absolute Gasteiger partial charge is 0.315 e. The van der Waals surface area contributed by atoms with Gasteiger partial charge in [-0.2, -0.15) is 0 Å². The maximum atomic E-state index is 13.8. The van der Waals surface area contributed by atoms with E-state index in [4.69, 9.17) is 0 Å². The smallest absolute Gasteiger partial charge is 0.123 e. The van der Waals surface area contributed by atoms with E-state index in [-0.39, 0.29) is 11.9 Å². The van der Waals surface area contributed by atoms with Gasteiger partial charge in [0.25, 0.3) is 0 Å². The van der Waals surface area contributed by atoms with Crippen LogP contribution in [-0.2, 0) is 6.42 Å². The van der Waals surface area contributed by atoms with Gasteiger partial charge in [-0.3, -0.25) is 4.90 Å². The van der Waals surface area contributed by atoms with Crippen LogP contribution in [0.5, 0.6) is 0 Å². The van der Waals surface area contributed by atoms with Crippen molar-refractivity contribution >= 4 is 0 Å². The molecule has 0 aliphatic carbocycles. The number of hydrogen-bond acceptors (Lipinski definition) is 2. The summed E-state index contributed by atoms with van der Waals surface area (Å²) in [7, 11) is 0. The van der Waals surface area contributed by atoms with E-state index in [2.05, 4.69) is 41.4 Å². The quantitative estimate of drug-likeness (QED) is 0.924. The lowest BCUT2D eigenvalue weighted by Crippen LogP contribution is -2.33. The number of nitrogens with zero attached hydrogens (tertiary/aromatic N) is 1. The van der Waals surface area contributed by atoms with Crippen molar-refractivity contribution in [2.24, 2.45) is 0 Å². The van der Waals surface area contributed by atoms with Gasteiger partial charge < -0.3 is 5.32 Å². The van der Waals surface area contributed by atoms with Gasteiger partial charge in [0.05, 0.1) is 6.04 Å². The molecule has 1 heterocycles. The second kappa shape index (κ2) is 7.71. The molecule has 0 radical (unpaired) electrons. The fourth-order valence-corrected chi connectivity index (χ4v) is 3.35. The maximum absolute atomic E-state index is 13.8. The van der Waals surface area contributed by atoms with Crippen LogP contribution in [0.1, 0.15) is 36.1 Å². The molecule has 122 valence electrons. The molecule has 1 aliphatic heterocycles. The van der Waals surface area contributed by atoms with Crippen LogP contribution in [-0.4, -0.2) is 31.1 Å². The zero-order valence-corrected chi connectivity index (χ0v) is 13.8. The summed E-state index contributed by atoms with van der Waals surface area (Å²) in [6.07, 6.45) is 2.16. The Labute approximate surface area is 138 Å². The predicted octanol–water partition coefficient (Wildman–Crippen LogP) is 3.77. The molecule has 3 rings (SSSR count). The van der Waals surface area contributed by atoms with Crippen LogP contribution in [0.15, 0.2) is 48.5 Å². The molecule has 23 heavy (non-hydrogen) atoms. The Balaban J connectivity index is 1.97. The molecule has 0 bridgehead atoms. The molecular formula is C20H25FN2. The molecule has 1 unspecified atom stereocenters. The van der Waals surface area contributed by atoms with Gasteiger partial charge in [0, 0.05) is 19.6 Å². The average molecular weight is 312 g/mol. The first-order valence-corrected chi connectivity index (χ1v) is 8.57. The molecule has 1 aliphatic rings. The van der Waals surface area contributed by atoms with E-state index in [1.54, 1.807) is 6.07 Å². The van der Waals surface area contributed by atoms with Crippen LogP contribution >= 0.6 is 0 Å². The van der Waals surface area contributed by atoms with Crippen molar-refractivity contribution in [1.82, 2.24) is 10.2 Å². The second-order valence-electron chi connectivity index (χ2n) is 6.19. The van der Waals surface area contributed by atoms with Gasteiger partial charge in [-0.25, -0.2) is 4.39 Å².